The first-order chi connectivity index (χ1) is 11.7. The monoisotopic (exact) mass is 373 g/mol. The molecule has 0 fully saturated rings. The molecule has 0 bridgehead atoms. The van der Waals surface area contributed by atoms with Crippen LogP contribution < -0.4 is 5.32 Å². The first-order valence-corrected chi connectivity index (χ1v) is 8.95. The van der Waals surface area contributed by atoms with Gasteiger partial charge >= 0.3 is 8.60 Å². The predicted octanol–water partition coefficient (Wildman–Crippen LogP) is 1.67. The maximum Gasteiger partial charge on any atom is 0.362 e. The van der Waals surface area contributed by atoms with Gasteiger partial charge < -0.3 is 28.6 Å². The van der Waals surface area contributed by atoms with Crippen molar-refractivity contribution in [2.24, 2.45) is 0 Å². The van der Waals surface area contributed by atoms with Gasteiger partial charge in [0.25, 0.3) is 0 Å². The molecule has 0 spiro atoms. The highest BCUT2D eigenvalue weighted by atomic mass is 31.2. The summed E-state index contributed by atoms with van der Waals surface area (Å²) in [6.45, 7) is 9.11. The van der Waals surface area contributed by atoms with Gasteiger partial charge in [-0.05, 0) is 0 Å². The summed E-state index contributed by atoms with van der Waals surface area (Å²) in [7, 11) is 1.38. The lowest BCUT2D eigenvalue weighted by molar-refractivity contribution is -0.189. The molecule has 1 N–H and O–H groups in total. The molecule has 0 radical (unpaired) electrons. The minimum absolute atomic E-state index is 0.0622. The zero-order valence-corrected chi connectivity index (χ0v) is 16.3. The molecule has 1 unspecified atom stereocenters. The van der Waals surface area contributed by atoms with Gasteiger partial charge in [-0.3, -0.25) is 4.79 Å². The van der Waals surface area contributed by atoms with E-state index in [0.717, 1.165) is 0 Å². The van der Waals surface area contributed by atoms with Gasteiger partial charge in [0.1, 0.15) is 0 Å². The predicted molar refractivity (Wildman–Crippen MR) is 90.5 cm³/mol. The molecule has 0 aliphatic rings. The zero-order chi connectivity index (χ0) is 18.5. The Balaban J connectivity index is 0. The highest BCUT2D eigenvalue weighted by molar-refractivity contribution is 7.41. The van der Waals surface area contributed by atoms with Crippen LogP contribution in [0.5, 0.6) is 0 Å². The van der Waals surface area contributed by atoms with E-state index in [1.807, 2.05) is 13.8 Å². The third kappa shape index (κ3) is 21.6. The fourth-order valence-corrected chi connectivity index (χ4v) is 1.73. The smallest absolute Gasteiger partial charge is 0.362 e. The Hall–Kier alpha value is -0.380. The summed E-state index contributed by atoms with van der Waals surface area (Å²) in [5.74, 6) is -0.0622. The normalized spacial score (nSPS) is 11.5. The third-order valence-corrected chi connectivity index (χ3v) is 3.04. The number of amides is 1. The number of hydrogen-bond donors (Lipinski definition) is 1. The van der Waals surface area contributed by atoms with Gasteiger partial charge in [0.15, 0.2) is 0 Å². The Morgan fingerprint density at radius 2 is 1.38 bits per heavy atom. The summed E-state index contributed by atoms with van der Waals surface area (Å²) in [5.41, 5.74) is 0. The van der Waals surface area contributed by atoms with Crippen LogP contribution in [0.3, 0.4) is 0 Å². The molecule has 9 nitrogen and oxygen atoms in total. The zero-order valence-electron chi connectivity index (χ0n) is 15.4. The van der Waals surface area contributed by atoms with Gasteiger partial charge in [-0.25, -0.2) is 4.89 Å². The lowest BCUT2D eigenvalue weighted by Crippen LogP contribution is -2.25. The second kappa shape index (κ2) is 22.6. The van der Waals surface area contributed by atoms with Crippen molar-refractivity contribution >= 4 is 14.5 Å². The van der Waals surface area contributed by atoms with E-state index in [4.69, 9.17) is 27.9 Å². The Morgan fingerprint density at radius 3 is 1.83 bits per heavy atom. The van der Waals surface area contributed by atoms with Gasteiger partial charge in [0.05, 0.1) is 53.4 Å². The lowest BCUT2D eigenvalue weighted by Gasteiger charge is -2.11. The van der Waals surface area contributed by atoms with Crippen molar-refractivity contribution in [2.75, 3.05) is 67.0 Å². The molecule has 0 saturated carbocycles. The minimum Gasteiger partial charge on any atom is -0.377 e. The summed E-state index contributed by atoms with van der Waals surface area (Å²) in [6.07, 6.45) is 0. The van der Waals surface area contributed by atoms with E-state index >= 15 is 0 Å². The second-order valence-electron chi connectivity index (χ2n) is 3.80. The molecule has 0 aromatic heterocycles. The first-order valence-electron chi connectivity index (χ1n) is 7.86. The molecule has 0 heterocycles. The molecule has 0 saturated heterocycles. The number of hydrogen-bond acceptors (Lipinski definition) is 8. The number of nitrogens with one attached hydrogen (secondary N) is 1. The van der Waals surface area contributed by atoms with Gasteiger partial charge in [0.2, 0.25) is 5.91 Å². The van der Waals surface area contributed by atoms with E-state index in [1.54, 1.807) is 0 Å². The Bertz CT molecular complexity index is 261. The first kappa shape index (κ1) is 25.9. The van der Waals surface area contributed by atoms with E-state index in [0.29, 0.717) is 52.8 Å². The molecule has 1 amide bonds. The van der Waals surface area contributed by atoms with E-state index in [9.17, 15) is 4.79 Å². The van der Waals surface area contributed by atoms with Gasteiger partial charge in [-0.15, -0.1) is 0 Å². The van der Waals surface area contributed by atoms with Gasteiger partial charge in [-0.1, -0.05) is 13.8 Å². The van der Waals surface area contributed by atoms with Crippen LogP contribution in [0.25, 0.3) is 0 Å². The van der Waals surface area contributed by atoms with E-state index in [1.165, 1.54) is 21.1 Å². The van der Waals surface area contributed by atoms with Crippen LogP contribution in [-0.4, -0.2) is 72.9 Å². The fraction of sp³-hybridized carbons (Fsp3) is 0.929. The van der Waals surface area contributed by atoms with E-state index in [-0.39, 0.29) is 5.91 Å². The van der Waals surface area contributed by atoms with E-state index < -0.39 is 8.60 Å². The van der Waals surface area contributed by atoms with Crippen molar-refractivity contribution in [1.29, 1.82) is 0 Å². The van der Waals surface area contributed by atoms with Crippen LogP contribution in [0, 0.1) is 0 Å². The van der Waals surface area contributed by atoms with Crippen molar-refractivity contribution in [3.05, 3.63) is 0 Å². The Labute approximate surface area is 146 Å². The van der Waals surface area contributed by atoms with Crippen molar-refractivity contribution in [2.45, 2.75) is 20.8 Å². The average molecular weight is 373 g/mol. The Morgan fingerprint density at radius 1 is 0.875 bits per heavy atom. The van der Waals surface area contributed by atoms with Crippen molar-refractivity contribution in [1.82, 2.24) is 5.32 Å². The summed E-state index contributed by atoms with van der Waals surface area (Å²) in [5, 5.41) is 2.64. The van der Waals surface area contributed by atoms with Crippen LogP contribution in [0.2, 0.25) is 0 Å². The molecule has 24 heavy (non-hydrogen) atoms. The number of ether oxygens (including phenoxy) is 3. The summed E-state index contributed by atoms with van der Waals surface area (Å²) in [6, 6.07) is 0. The number of carbonyl (C=O) groups excluding carboxylic acids is 1. The van der Waals surface area contributed by atoms with Crippen LogP contribution in [-0.2, 0) is 37.6 Å². The molecule has 10 heteroatoms. The van der Waals surface area contributed by atoms with E-state index in [2.05, 4.69) is 10.2 Å². The molecule has 146 valence electrons. The molecule has 0 aromatic carbocycles. The molecule has 0 rings (SSSR count). The maximum atomic E-state index is 10.6. The van der Waals surface area contributed by atoms with Crippen LogP contribution in [0.1, 0.15) is 20.8 Å². The number of carbonyl (C=O) groups is 1. The molecular weight excluding hydrogens is 341 g/mol. The maximum absolute atomic E-state index is 10.6. The standard InChI is InChI=1S/C12H26NO8P.C2H6/c1-12(14)13-4-5-17-6-7-18-8-9-19-10-11-20-22(16-3)21-15-2;1-2/h4-11H2,1-3H3,(H,13,14);1-2H3. The largest absolute Gasteiger partial charge is 0.377 e. The molecule has 0 aromatic rings. The van der Waals surface area contributed by atoms with Crippen molar-refractivity contribution < 1.29 is 37.6 Å². The lowest BCUT2D eigenvalue weighted by atomic mass is 10.6. The topological polar surface area (TPSA) is 93.7 Å². The van der Waals surface area contributed by atoms with Crippen LogP contribution >= 0.6 is 8.60 Å². The van der Waals surface area contributed by atoms with Crippen LogP contribution in [0.15, 0.2) is 0 Å². The van der Waals surface area contributed by atoms with Crippen molar-refractivity contribution in [3.8, 4) is 0 Å². The molecule has 1 atom stereocenters. The second-order valence-corrected chi connectivity index (χ2v) is 5.02. The molecule has 0 aliphatic carbocycles. The Kier molecular flexibility index (Phi) is 24.4. The third-order valence-electron chi connectivity index (χ3n) is 2.07. The molecule has 0 aliphatic heterocycles. The fourth-order valence-electron chi connectivity index (χ4n) is 1.18. The van der Waals surface area contributed by atoms with Crippen molar-refractivity contribution in [3.63, 3.8) is 0 Å². The van der Waals surface area contributed by atoms with Gasteiger partial charge in [-0.2, -0.15) is 4.67 Å². The molecular formula is C14H32NO8P. The summed E-state index contributed by atoms with van der Waals surface area (Å²) >= 11 is 0. The number of rotatable bonds is 16. The van der Waals surface area contributed by atoms with Gasteiger partial charge in [0, 0.05) is 20.6 Å². The SMILES string of the molecule is CC.COOP(OC)OCCOCCOCCOCCNC(C)=O. The summed E-state index contributed by atoms with van der Waals surface area (Å²) in [4.78, 5) is 15.0. The quantitative estimate of drug-likeness (QED) is 0.189. The van der Waals surface area contributed by atoms with Crippen LogP contribution in [0.4, 0.5) is 0 Å². The minimum atomic E-state index is -1.48. The average Bonchev–Trinajstić information content (AvgIpc) is 2.59. The summed E-state index contributed by atoms with van der Waals surface area (Å²) < 4.78 is 30.7. The highest BCUT2D eigenvalue weighted by Crippen LogP contribution is 2.37. The highest BCUT2D eigenvalue weighted by Gasteiger charge is 2.09.